The molecule has 0 saturated carbocycles. The van der Waals surface area contributed by atoms with Gasteiger partial charge in [-0.2, -0.15) is 0 Å². The predicted molar refractivity (Wildman–Crippen MR) is 119 cm³/mol. The van der Waals surface area contributed by atoms with Gasteiger partial charge in [0, 0.05) is 5.69 Å². The first-order chi connectivity index (χ1) is 14.9. The van der Waals surface area contributed by atoms with Gasteiger partial charge < -0.3 is 24.7 Å². The molecule has 0 radical (unpaired) electrons. The summed E-state index contributed by atoms with van der Waals surface area (Å²) in [6.07, 6.45) is 1.60. The van der Waals surface area contributed by atoms with E-state index in [0.29, 0.717) is 28.7 Å². The number of carbonyl (C=O) groups is 1. The van der Waals surface area contributed by atoms with Crippen LogP contribution in [0.5, 0.6) is 0 Å². The van der Waals surface area contributed by atoms with Crippen LogP contribution < -0.4 is 10.6 Å². The van der Waals surface area contributed by atoms with Crippen molar-refractivity contribution in [2.24, 2.45) is 0 Å². The number of carboxylic acid groups (broad SMARTS) is 1. The third kappa shape index (κ3) is 4.56. The third-order valence-electron chi connectivity index (χ3n) is 4.76. The van der Waals surface area contributed by atoms with E-state index < -0.39 is 5.97 Å². The van der Waals surface area contributed by atoms with E-state index >= 15 is 0 Å². The van der Waals surface area contributed by atoms with E-state index in [4.69, 9.17) is 16.6 Å². The number of furan rings is 1. The van der Waals surface area contributed by atoms with Crippen molar-refractivity contribution in [2.75, 3.05) is 5.32 Å². The first-order valence-electron chi connectivity index (χ1n) is 9.49. The summed E-state index contributed by atoms with van der Waals surface area (Å²) < 4.78 is 20.6. The number of nitrogens with one attached hydrogen (secondary N) is 2. The maximum Gasteiger partial charge on any atom is 0.335 e. The lowest BCUT2D eigenvalue weighted by atomic mass is 10.2. The Morgan fingerprint density at radius 1 is 1.26 bits per heavy atom. The highest BCUT2D eigenvalue weighted by Crippen LogP contribution is 2.24. The quantitative estimate of drug-likeness (QED) is 0.380. The van der Waals surface area contributed by atoms with Crippen LogP contribution in [-0.4, -0.2) is 25.7 Å². The van der Waals surface area contributed by atoms with E-state index in [0.717, 1.165) is 11.3 Å². The molecule has 2 aromatic carbocycles. The average Bonchev–Trinajstić information content (AvgIpc) is 3.37. The van der Waals surface area contributed by atoms with Crippen molar-refractivity contribution in [1.29, 1.82) is 0 Å². The number of fused-ring (bicyclic) bond motifs is 1. The van der Waals surface area contributed by atoms with Crippen molar-refractivity contribution in [2.45, 2.75) is 19.5 Å². The predicted octanol–water partition coefficient (Wildman–Crippen LogP) is 4.56. The van der Waals surface area contributed by atoms with Crippen LogP contribution in [0, 0.1) is 5.82 Å². The third-order valence-corrected chi connectivity index (χ3v) is 4.98. The normalized spacial score (nSPS) is 11.9. The smallest absolute Gasteiger partial charge is 0.335 e. The molecule has 9 heteroatoms. The fourth-order valence-electron chi connectivity index (χ4n) is 3.30. The lowest BCUT2D eigenvalue weighted by Gasteiger charge is -2.18. The molecule has 0 spiro atoms. The lowest BCUT2D eigenvalue weighted by molar-refractivity contribution is 0.0697. The van der Waals surface area contributed by atoms with Gasteiger partial charge in [0.15, 0.2) is 5.11 Å². The number of carboxylic acids is 1. The molecule has 158 valence electrons. The highest BCUT2D eigenvalue weighted by atomic mass is 32.1. The molecule has 31 heavy (non-hydrogen) atoms. The SMILES string of the molecule is C[C@H](NC(=S)Nc1ccc(F)cc1)c1nc2cc(C(=O)O)ccc2n1Cc1ccco1. The Morgan fingerprint density at radius 3 is 2.71 bits per heavy atom. The van der Waals surface area contributed by atoms with Gasteiger partial charge in [0.2, 0.25) is 0 Å². The van der Waals surface area contributed by atoms with E-state index in [2.05, 4.69) is 15.6 Å². The first-order valence-corrected chi connectivity index (χ1v) is 9.90. The Hall–Kier alpha value is -3.72. The molecule has 1 atom stereocenters. The summed E-state index contributed by atoms with van der Waals surface area (Å²) >= 11 is 5.39. The minimum atomic E-state index is -1.01. The molecule has 4 aromatic rings. The number of halogens is 1. The number of aromatic nitrogens is 2. The summed E-state index contributed by atoms with van der Waals surface area (Å²) in [7, 11) is 0. The van der Waals surface area contributed by atoms with Crippen LogP contribution in [0.2, 0.25) is 0 Å². The minimum Gasteiger partial charge on any atom is -0.478 e. The fourth-order valence-corrected chi connectivity index (χ4v) is 3.59. The highest BCUT2D eigenvalue weighted by molar-refractivity contribution is 7.80. The lowest BCUT2D eigenvalue weighted by Crippen LogP contribution is -2.32. The number of aromatic carboxylic acids is 1. The molecule has 4 rings (SSSR count). The average molecular weight is 438 g/mol. The van der Waals surface area contributed by atoms with E-state index in [1.54, 1.807) is 42.7 Å². The molecule has 2 aromatic heterocycles. The Kier molecular flexibility index (Phi) is 5.68. The van der Waals surface area contributed by atoms with E-state index in [1.165, 1.54) is 12.1 Å². The van der Waals surface area contributed by atoms with Gasteiger partial charge in [0.05, 0.1) is 35.4 Å². The Morgan fingerprint density at radius 2 is 2.03 bits per heavy atom. The summed E-state index contributed by atoms with van der Waals surface area (Å²) in [4.78, 5) is 16.0. The molecular weight excluding hydrogens is 419 g/mol. The van der Waals surface area contributed by atoms with E-state index in [1.807, 2.05) is 17.6 Å². The second-order valence-electron chi connectivity index (χ2n) is 6.97. The van der Waals surface area contributed by atoms with Crippen LogP contribution in [0.15, 0.2) is 65.3 Å². The number of hydrogen-bond donors (Lipinski definition) is 3. The second-order valence-corrected chi connectivity index (χ2v) is 7.38. The van der Waals surface area contributed by atoms with Crippen LogP contribution in [-0.2, 0) is 6.54 Å². The van der Waals surface area contributed by atoms with Gasteiger partial charge in [-0.3, -0.25) is 0 Å². The van der Waals surface area contributed by atoms with Crippen LogP contribution in [0.4, 0.5) is 10.1 Å². The number of rotatable bonds is 6. The van der Waals surface area contributed by atoms with Crippen molar-refractivity contribution in [1.82, 2.24) is 14.9 Å². The summed E-state index contributed by atoms with van der Waals surface area (Å²) in [5.74, 6) is 0.0596. The van der Waals surface area contributed by atoms with Crippen molar-refractivity contribution < 1.29 is 18.7 Å². The van der Waals surface area contributed by atoms with Gasteiger partial charge in [0.1, 0.15) is 17.4 Å². The zero-order chi connectivity index (χ0) is 22.0. The molecule has 0 saturated heterocycles. The van der Waals surface area contributed by atoms with Crippen molar-refractivity contribution in [3.63, 3.8) is 0 Å². The number of nitrogens with zero attached hydrogens (tertiary/aromatic N) is 2. The fraction of sp³-hybridized carbons (Fsp3) is 0.136. The molecule has 3 N–H and O–H groups in total. The zero-order valence-electron chi connectivity index (χ0n) is 16.5. The Balaban J connectivity index is 1.63. The highest BCUT2D eigenvalue weighted by Gasteiger charge is 2.19. The van der Waals surface area contributed by atoms with Crippen molar-refractivity contribution in [3.8, 4) is 0 Å². The van der Waals surface area contributed by atoms with Gasteiger partial charge in [-0.05, 0) is 73.7 Å². The number of anilines is 1. The molecule has 0 unspecified atom stereocenters. The maximum atomic E-state index is 13.1. The number of imidazole rings is 1. The standard InChI is InChI=1S/C22H19FN4O3S/c1-13(24-22(31)25-16-7-5-15(23)6-8-16)20-26-18-11-14(21(28)29)4-9-19(18)27(20)12-17-3-2-10-30-17/h2-11,13H,12H2,1H3,(H,28,29)(H2,24,25,31)/t13-/m0/s1. The zero-order valence-corrected chi connectivity index (χ0v) is 17.3. The van der Waals surface area contributed by atoms with Crippen LogP contribution in [0.3, 0.4) is 0 Å². The van der Waals surface area contributed by atoms with Crippen LogP contribution >= 0.6 is 12.2 Å². The van der Waals surface area contributed by atoms with Gasteiger partial charge in [-0.1, -0.05) is 0 Å². The molecule has 7 nitrogen and oxygen atoms in total. The Bertz CT molecular complexity index is 1240. The largest absolute Gasteiger partial charge is 0.478 e. The van der Waals surface area contributed by atoms with E-state index in [9.17, 15) is 14.3 Å². The molecule has 0 aliphatic rings. The maximum absolute atomic E-state index is 13.1. The molecule has 0 bridgehead atoms. The number of hydrogen-bond acceptors (Lipinski definition) is 4. The van der Waals surface area contributed by atoms with Crippen molar-refractivity contribution >= 4 is 40.0 Å². The van der Waals surface area contributed by atoms with Gasteiger partial charge in [0.25, 0.3) is 0 Å². The van der Waals surface area contributed by atoms with Crippen molar-refractivity contribution in [3.05, 3.63) is 83.8 Å². The second kappa shape index (κ2) is 8.57. The topological polar surface area (TPSA) is 92.3 Å². The van der Waals surface area contributed by atoms with Gasteiger partial charge in [-0.15, -0.1) is 0 Å². The monoisotopic (exact) mass is 438 g/mol. The Labute approximate surface area is 182 Å². The first kappa shape index (κ1) is 20.5. The van der Waals surface area contributed by atoms with Gasteiger partial charge >= 0.3 is 5.97 Å². The summed E-state index contributed by atoms with van der Waals surface area (Å²) in [6, 6.07) is 14.1. The molecule has 0 aliphatic heterocycles. The number of thiocarbonyl (C=S) groups is 1. The summed E-state index contributed by atoms with van der Waals surface area (Å²) in [5.41, 5.74) is 2.16. The molecule has 2 heterocycles. The minimum absolute atomic E-state index is 0.163. The molecular formula is C22H19FN4O3S. The van der Waals surface area contributed by atoms with Crippen LogP contribution in [0.25, 0.3) is 11.0 Å². The summed E-state index contributed by atoms with van der Waals surface area (Å²) in [5, 5.41) is 15.8. The molecule has 0 fully saturated rings. The van der Waals surface area contributed by atoms with Gasteiger partial charge in [-0.25, -0.2) is 14.2 Å². The number of benzene rings is 2. The summed E-state index contributed by atoms with van der Waals surface area (Å²) in [6.45, 7) is 2.33. The van der Waals surface area contributed by atoms with E-state index in [-0.39, 0.29) is 17.4 Å². The molecule has 0 amide bonds. The van der Waals surface area contributed by atoms with Crippen LogP contribution in [0.1, 0.15) is 34.9 Å². The molecule has 0 aliphatic carbocycles.